The highest BCUT2D eigenvalue weighted by Gasteiger charge is 2.08. The van der Waals surface area contributed by atoms with E-state index in [2.05, 4.69) is 12.6 Å². The van der Waals surface area contributed by atoms with Crippen LogP contribution in [0.4, 0.5) is 0 Å². The molecular formula is C8H14N2OS. The second-order valence-corrected chi connectivity index (χ2v) is 2.80. The van der Waals surface area contributed by atoms with Crippen molar-refractivity contribution in [3.05, 3.63) is 0 Å². The monoisotopic (exact) mass is 186 g/mol. The molecular weight excluding hydrogens is 172 g/mol. The molecule has 0 radical (unpaired) electrons. The maximum Gasteiger partial charge on any atom is 0.223 e. The second kappa shape index (κ2) is 6.99. The molecule has 0 aliphatic rings. The van der Waals surface area contributed by atoms with Gasteiger partial charge in [-0.15, -0.1) is 0 Å². The van der Waals surface area contributed by atoms with Crippen molar-refractivity contribution >= 4 is 18.5 Å². The number of nitrogens with zero attached hydrogens (tertiary/aromatic N) is 2. The molecule has 0 rings (SSSR count). The van der Waals surface area contributed by atoms with Crippen LogP contribution in [-0.4, -0.2) is 29.6 Å². The predicted octanol–water partition coefficient (Wildman–Crippen LogP) is 1.07. The van der Waals surface area contributed by atoms with Crippen LogP contribution in [0, 0.1) is 11.3 Å². The SMILES string of the molecule is CCN(CCC#N)C(=O)CCS. The first-order valence-corrected chi connectivity index (χ1v) is 4.65. The third kappa shape index (κ3) is 4.24. The van der Waals surface area contributed by atoms with Crippen molar-refractivity contribution in [2.45, 2.75) is 19.8 Å². The van der Waals surface area contributed by atoms with Crippen molar-refractivity contribution in [1.29, 1.82) is 5.26 Å². The van der Waals surface area contributed by atoms with E-state index in [1.54, 1.807) is 4.90 Å². The van der Waals surface area contributed by atoms with Gasteiger partial charge in [0.25, 0.3) is 0 Å². The molecule has 0 saturated heterocycles. The average Bonchev–Trinajstić information content (AvgIpc) is 2.06. The highest BCUT2D eigenvalue weighted by atomic mass is 32.1. The molecule has 0 aromatic rings. The van der Waals surface area contributed by atoms with Crippen LogP contribution < -0.4 is 0 Å². The number of hydrogen-bond acceptors (Lipinski definition) is 3. The lowest BCUT2D eigenvalue weighted by atomic mass is 10.3. The predicted molar refractivity (Wildman–Crippen MR) is 51.0 cm³/mol. The Labute approximate surface area is 78.8 Å². The van der Waals surface area contributed by atoms with Crippen molar-refractivity contribution < 1.29 is 4.79 Å². The first kappa shape index (κ1) is 11.3. The number of carbonyl (C=O) groups is 1. The summed E-state index contributed by atoms with van der Waals surface area (Å²) in [6.07, 6.45) is 0.870. The largest absolute Gasteiger partial charge is 0.342 e. The molecule has 1 amide bonds. The van der Waals surface area contributed by atoms with Gasteiger partial charge < -0.3 is 4.90 Å². The normalized spacial score (nSPS) is 9.08. The lowest BCUT2D eigenvalue weighted by Gasteiger charge is -2.18. The van der Waals surface area contributed by atoms with Crippen molar-refractivity contribution in [3.63, 3.8) is 0 Å². The van der Waals surface area contributed by atoms with Crippen LogP contribution in [-0.2, 0) is 4.79 Å². The number of carbonyl (C=O) groups excluding carboxylic acids is 1. The van der Waals surface area contributed by atoms with Crippen LogP contribution in [0.2, 0.25) is 0 Å². The summed E-state index contributed by atoms with van der Waals surface area (Å²) in [5.74, 6) is 0.657. The van der Waals surface area contributed by atoms with E-state index < -0.39 is 0 Å². The number of nitriles is 1. The van der Waals surface area contributed by atoms with Gasteiger partial charge in [0.2, 0.25) is 5.91 Å². The summed E-state index contributed by atoms with van der Waals surface area (Å²) < 4.78 is 0. The number of amides is 1. The van der Waals surface area contributed by atoms with E-state index >= 15 is 0 Å². The lowest BCUT2D eigenvalue weighted by molar-refractivity contribution is -0.130. The molecule has 12 heavy (non-hydrogen) atoms. The first-order valence-electron chi connectivity index (χ1n) is 4.01. The van der Waals surface area contributed by atoms with E-state index in [1.165, 1.54) is 0 Å². The Kier molecular flexibility index (Phi) is 6.58. The maximum atomic E-state index is 11.2. The minimum Gasteiger partial charge on any atom is -0.342 e. The van der Waals surface area contributed by atoms with Gasteiger partial charge in [-0.05, 0) is 12.7 Å². The Bertz CT molecular complexity index is 176. The smallest absolute Gasteiger partial charge is 0.223 e. The zero-order valence-electron chi connectivity index (χ0n) is 7.29. The Morgan fingerprint density at radius 1 is 1.67 bits per heavy atom. The average molecular weight is 186 g/mol. The van der Waals surface area contributed by atoms with Crippen molar-refractivity contribution in [3.8, 4) is 6.07 Å². The van der Waals surface area contributed by atoms with Gasteiger partial charge in [0, 0.05) is 19.5 Å². The molecule has 68 valence electrons. The number of hydrogen-bond donors (Lipinski definition) is 1. The summed E-state index contributed by atoms with van der Waals surface area (Å²) in [5.41, 5.74) is 0. The van der Waals surface area contributed by atoms with Gasteiger partial charge >= 0.3 is 0 Å². The van der Waals surface area contributed by atoms with Gasteiger partial charge in [0.15, 0.2) is 0 Å². The summed E-state index contributed by atoms with van der Waals surface area (Å²) >= 11 is 3.97. The molecule has 0 aromatic carbocycles. The van der Waals surface area contributed by atoms with Gasteiger partial charge in [-0.3, -0.25) is 4.79 Å². The molecule has 0 aliphatic heterocycles. The Morgan fingerprint density at radius 3 is 2.75 bits per heavy atom. The van der Waals surface area contributed by atoms with E-state index in [-0.39, 0.29) is 5.91 Å². The minimum atomic E-state index is 0.0859. The molecule has 0 fully saturated rings. The highest BCUT2D eigenvalue weighted by molar-refractivity contribution is 7.80. The van der Waals surface area contributed by atoms with Crippen molar-refractivity contribution in [2.24, 2.45) is 0 Å². The van der Waals surface area contributed by atoms with Crippen molar-refractivity contribution in [2.75, 3.05) is 18.8 Å². The Hall–Kier alpha value is -0.690. The summed E-state index contributed by atoms with van der Waals surface area (Å²) in [4.78, 5) is 12.9. The zero-order chi connectivity index (χ0) is 9.40. The van der Waals surface area contributed by atoms with Crippen LogP contribution in [0.15, 0.2) is 0 Å². The van der Waals surface area contributed by atoms with Crippen LogP contribution in [0.25, 0.3) is 0 Å². The molecule has 4 heteroatoms. The fourth-order valence-electron chi connectivity index (χ4n) is 0.898. The lowest BCUT2D eigenvalue weighted by Crippen LogP contribution is -2.31. The molecule has 0 unspecified atom stereocenters. The van der Waals surface area contributed by atoms with Gasteiger partial charge in [-0.25, -0.2) is 0 Å². The third-order valence-corrected chi connectivity index (χ3v) is 1.78. The maximum absolute atomic E-state index is 11.2. The third-order valence-electron chi connectivity index (χ3n) is 1.55. The Morgan fingerprint density at radius 2 is 2.33 bits per heavy atom. The summed E-state index contributed by atoms with van der Waals surface area (Å²) in [5, 5.41) is 8.32. The number of thiol groups is 1. The summed E-state index contributed by atoms with van der Waals surface area (Å²) in [6.45, 7) is 3.13. The number of rotatable bonds is 5. The highest BCUT2D eigenvalue weighted by Crippen LogP contribution is 1.96. The van der Waals surface area contributed by atoms with Gasteiger partial charge in [0.1, 0.15) is 0 Å². The van der Waals surface area contributed by atoms with Crippen LogP contribution >= 0.6 is 12.6 Å². The zero-order valence-corrected chi connectivity index (χ0v) is 8.18. The van der Waals surface area contributed by atoms with Gasteiger partial charge in [0.05, 0.1) is 12.5 Å². The molecule has 0 N–H and O–H groups in total. The van der Waals surface area contributed by atoms with Crippen LogP contribution in [0.1, 0.15) is 19.8 Å². The molecule has 0 saturated carbocycles. The second-order valence-electron chi connectivity index (χ2n) is 2.36. The van der Waals surface area contributed by atoms with E-state index in [0.29, 0.717) is 31.7 Å². The van der Waals surface area contributed by atoms with E-state index in [4.69, 9.17) is 5.26 Å². The van der Waals surface area contributed by atoms with E-state index in [9.17, 15) is 4.79 Å². The Balaban J connectivity index is 3.80. The fourth-order valence-corrected chi connectivity index (χ4v) is 1.09. The fraction of sp³-hybridized carbons (Fsp3) is 0.750. The molecule has 0 aliphatic carbocycles. The van der Waals surface area contributed by atoms with Crippen LogP contribution in [0.3, 0.4) is 0 Å². The minimum absolute atomic E-state index is 0.0859. The van der Waals surface area contributed by atoms with Crippen molar-refractivity contribution in [1.82, 2.24) is 4.90 Å². The first-order chi connectivity index (χ1) is 5.76. The summed E-state index contributed by atoms with van der Waals surface area (Å²) in [7, 11) is 0. The molecule has 0 spiro atoms. The van der Waals surface area contributed by atoms with Gasteiger partial charge in [-0.1, -0.05) is 0 Å². The topological polar surface area (TPSA) is 44.1 Å². The molecule has 0 aromatic heterocycles. The standard InChI is InChI=1S/C8H14N2OS/c1-2-10(6-3-5-9)8(11)4-7-12/h12H,2-4,6-7H2,1H3. The van der Waals surface area contributed by atoms with E-state index in [0.717, 1.165) is 0 Å². The van der Waals surface area contributed by atoms with E-state index in [1.807, 2.05) is 13.0 Å². The van der Waals surface area contributed by atoms with Crippen LogP contribution in [0.5, 0.6) is 0 Å². The molecule has 0 atom stereocenters. The quantitative estimate of drug-likeness (QED) is 0.653. The van der Waals surface area contributed by atoms with Gasteiger partial charge in [-0.2, -0.15) is 17.9 Å². The molecule has 3 nitrogen and oxygen atoms in total. The molecule has 0 heterocycles. The molecule has 0 bridgehead atoms. The summed E-state index contributed by atoms with van der Waals surface area (Å²) in [6, 6.07) is 2.02.